The molecule has 1 unspecified atom stereocenters. The minimum absolute atomic E-state index is 0.370. The molecule has 7 heteroatoms. The number of pyridine rings is 1. The monoisotopic (exact) mass is 700 g/mol. The second-order valence-corrected chi connectivity index (χ2v) is 13.2. The van der Waals surface area contributed by atoms with Gasteiger partial charge in [-0.1, -0.05) is 158 Å². The third-order valence-corrected chi connectivity index (χ3v) is 9.88. The Morgan fingerprint density at radius 3 is 1.55 bits per heavy atom. The number of fused-ring (bicyclic) bond motifs is 3. The second-order valence-electron chi connectivity index (χ2n) is 12.9. The SMILES string of the molecule is N=C1C=Cc2c(-c3ccccc3)nc3cc(-c4cccc(-c5nc(-c6ccccc6)nc(-c6cccc(-c7ccccc7)c6)n5)c4)ccc3c2C1NS. The quantitative estimate of drug-likeness (QED) is 0.144. The Balaban J connectivity index is 1.17. The van der Waals surface area contributed by atoms with Crippen LogP contribution in [-0.4, -0.2) is 25.6 Å². The molecule has 1 aliphatic rings. The van der Waals surface area contributed by atoms with Crippen LogP contribution >= 0.6 is 12.8 Å². The highest BCUT2D eigenvalue weighted by Gasteiger charge is 2.27. The number of aromatic nitrogens is 4. The molecule has 8 aromatic rings. The van der Waals surface area contributed by atoms with Crippen molar-refractivity contribution in [1.29, 1.82) is 5.41 Å². The van der Waals surface area contributed by atoms with Gasteiger partial charge in [0.05, 0.1) is 23.0 Å². The molecule has 9 rings (SSSR count). The van der Waals surface area contributed by atoms with E-state index in [1.807, 2.05) is 103 Å². The molecular weight excluding hydrogens is 669 g/mol. The number of benzene rings is 6. The van der Waals surface area contributed by atoms with Crippen LogP contribution in [0.15, 0.2) is 164 Å². The summed E-state index contributed by atoms with van der Waals surface area (Å²) >= 11 is 4.44. The van der Waals surface area contributed by atoms with Crippen molar-refractivity contribution in [2.75, 3.05) is 0 Å². The Hall–Kier alpha value is -6.54. The van der Waals surface area contributed by atoms with E-state index in [-0.39, 0.29) is 6.04 Å². The van der Waals surface area contributed by atoms with Gasteiger partial charge in [-0.25, -0.2) is 19.9 Å². The van der Waals surface area contributed by atoms with Gasteiger partial charge in [-0.05, 0) is 52.1 Å². The summed E-state index contributed by atoms with van der Waals surface area (Å²) in [6.07, 6.45) is 3.82. The number of nitrogens with zero attached hydrogens (tertiary/aromatic N) is 4. The van der Waals surface area contributed by atoms with E-state index in [4.69, 9.17) is 25.3 Å². The fourth-order valence-electron chi connectivity index (χ4n) is 7.00. The van der Waals surface area contributed by atoms with E-state index in [0.29, 0.717) is 23.2 Å². The number of nitrogens with one attached hydrogen (secondary N) is 2. The van der Waals surface area contributed by atoms with E-state index in [1.165, 1.54) is 0 Å². The van der Waals surface area contributed by atoms with Crippen LogP contribution in [0, 0.1) is 5.41 Å². The summed E-state index contributed by atoms with van der Waals surface area (Å²) in [5.41, 5.74) is 12.1. The molecular formula is C46H32N6S. The van der Waals surface area contributed by atoms with E-state index in [0.717, 1.165) is 72.2 Å². The maximum atomic E-state index is 8.66. The Bertz CT molecular complexity index is 2680. The Kier molecular flexibility index (Phi) is 8.48. The first-order valence-corrected chi connectivity index (χ1v) is 17.8. The molecule has 6 nitrogen and oxygen atoms in total. The summed E-state index contributed by atoms with van der Waals surface area (Å²) in [4.78, 5) is 20.3. The maximum absolute atomic E-state index is 8.66. The molecule has 1 atom stereocenters. The van der Waals surface area contributed by atoms with Gasteiger partial charge >= 0.3 is 0 Å². The van der Waals surface area contributed by atoms with Gasteiger partial charge in [0.25, 0.3) is 0 Å². The summed E-state index contributed by atoms with van der Waals surface area (Å²) < 4.78 is 3.07. The van der Waals surface area contributed by atoms with Crippen molar-refractivity contribution in [2.45, 2.75) is 6.04 Å². The normalized spacial score (nSPS) is 13.6. The average molecular weight is 701 g/mol. The molecule has 0 spiro atoms. The lowest BCUT2D eigenvalue weighted by molar-refractivity contribution is 0.886. The summed E-state index contributed by atoms with van der Waals surface area (Å²) in [6.45, 7) is 0. The first-order chi connectivity index (χ1) is 26.1. The molecule has 6 aromatic carbocycles. The standard InChI is InChI=1S/C46H32N6S/c47-39-25-24-38-41(43(39)52-53)37-23-22-34(28-40(37)48-42(38)30-14-6-2-7-15-30)33-19-11-21-36(27-33)46-50-44(31-16-8-3-9-17-31)49-45(51-46)35-20-10-18-32(26-35)29-12-4-1-5-13-29/h1-28,43,47,52-53H. The number of hydrogen-bond acceptors (Lipinski definition) is 7. The molecule has 0 aliphatic heterocycles. The van der Waals surface area contributed by atoms with Gasteiger partial charge in [0.1, 0.15) is 0 Å². The van der Waals surface area contributed by atoms with E-state index in [2.05, 4.69) is 84.3 Å². The molecule has 0 bridgehead atoms. The largest absolute Gasteiger partial charge is 0.303 e. The van der Waals surface area contributed by atoms with Crippen molar-refractivity contribution in [3.63, 3.8) is 0 Å². The third kappa shape index (κ3) is 6.22. The van der Waals surface area contributed by atoms with Gasteiger partial charge in [0.2, 0.25) is 0 Å². The molecule has 1 aliphatic carbocycles. The molecule has 0 fully saturated rings. The Morgan fingerprint density at radius 2 is 0.943 bits per heavy atom. The first kappa shape index (κ1) is 32.4. The zero-order valence-corrected chi connectivity index (χ0v) is 29.4. The van der Waals surface area contributed by atoms with Crippen LogP contribution < -0.4 is 4.72 Å². The van der Waals surface area contributed by atoms with Crippen molar-refractivity contribution in [2.24, 2.45) is 0 Å². The summed E-state index contributed by atoms with van der Waals surface area (Å²) in [7, 11) is 0. The Morgan fingerprint density at radius 1 is 0.453 bits per heavy atom. The highest BCUT2D eigenvalue weighted by atomic mass is 32.1. The Labute approximate surface area is 313 Å². The molecule has 0 saturated heterocycles. The molecule has 0 radical (unpaired) electrons. The lowest BCUT2D eigenvalue weighted by Gasteiger charge is -2.25. The van der Waals surface area contributed by atoms with Gasteiger partial charge in [-0.15, -0.1) is 0 Å². The maximum Gasteiger partial charge on any atom is 0.164 e. The molecule has 2 N–H and O–H groups in total. The molecule has 53 heavy (non-hydrogen) atoms. The van der Waals surface area contributed by atoms with Gasteiger partial charge in [-0.3, -0.25) is 4.72 Å². The molecule has 0 saturated carbocycles. The number of hydrogen-bond donors (Lipinski definition) is 3. The highest BCUT2D eigenvalue weighted by molar-refractivity contribution is 7.78. The third-order valence-electron chi connectivity index (χ3n) is 9.62. The zero-order valence-electron chi connectivity index (χ0n) is 28.5. The zero-order chi connectivity index (χ0) is 35.7. The minimum atomic E-state index is -0.370. The van der Waals surface area contributed by atoms with E-state index in [1.54, 1.807) is 0 Å². The van der Waals surface area contributed by atoms with Gasteiger partial charge in [-0.2, -0.15) is 0 Å². The predicted molar refractivity (Wildman–Crippen MR) is 219 cm³/mol. The molecule has 2 heterocycles. The molecule has 2 aromatic heterocycles. The van der Waals surface area contributed by atoms with E-state index >= 15 is 0 Å². The smallest absolute Gasteiger partial charge is 0.164 e. The van der Waals surface area contributed by atoms with Gasteiger partial charge in [0, 0.05) is 33.2 Å². The van der Waals surface area contributed by atoms with Crippen molar-refractivity contribution in [3.05, 3.63) is 175 Å². The molecule has 0 amide bonds. The fourth-order valence-corrected chi connectivity index (χ4v) is 7.26. The van der Waals surface area contributed by atoms with Crippen LogP contribution in [0.4, 0.5) is 0 Å². The summed E-state index contributed by atoms with van der Waals surface area (Å²) in [6, 6.07) is 53.2. The lowest BCUT2D eigenvalue weighted by atomic mass is 9.86. The van der Waals surface area contributed by atoms with Crippen molar-refractivity contribution >= 4 is 35.5 Å². The summed E-state index contributed by atoms with van der Waals surface area (Å²) in [5, 5.41) is 9.64. The average Bonchev–Trinajstić information content (AvgIpc) is 3.24. The fraction of sp³-hybridized carbons (Fsp3) is 0.0217. The minimum Gasteiger partial charge on any atom is -0.303 e. The van der Waals surface area contributed by atoms with Crippen LogP contribution in [0.25, 0.3) is 84.7 Å². The van der Waals surface area contributed by atoms with Crippen molar-refractivity contribution in [3.8, 4) is 67.7 Å². The first-order valence-electron chi connectivity index (χ1n) is 17.4. The second kappa shape index (κ2) is 13.9. The number of thiol groups is 1. The highest BCUT2D eigenvalue weighted by Crippen LogP contribution is 2.39. The van der Waals surface area contributed by atoms with Crippen LogP contribution in [0.5, 0.6) is 0 Å². The van der Waals surface area contributed by atoms with Crippen LogP contribution in [0.3, 0.4) is 0 Å². The van der Waals surface area contributed by atoms with E-state index < -0.39 is 0 Å². The molecule has 252 valence electrons. The topological polar surface area (TPSA) is 87.4 Å². The van der Waals surface area contributed by atoms with Crippen molar-refractivity contribution in [1.82, 2.24) is 24.7 Å². The van der Waals surface area contributed by atoms with Crippen LogP contribution in [0.1, 0.15) is 17.2 Å². The predicted octanol–water partition coefficient (Wildman–Crippen LogP) is 10.9. The van der Waals surface area contributed by atoms with Crippen molar-refractivity contribution < 1.29 is 0 Å². The summed E-state index contributed by atoms with van der Waals surface area (Å²) in [5.74, 6) is 1.81. The lowest BCUT2D eigenvalue weighted by Crippen LogP contribution is -2.24. The van der Waals surface area contributed by atoms with Gasteiger partial charge < -0.3 is 5.41 Å². The van der Waals surface area contributed by atoms with Gasteiger partial charge in [0.15, 0.2) is 17.5 Å². The van der Waals surface area contributed by atoms with Crippen LogP contribution in [-0.2, 0) is 0 Å². The van der Waals surface area contributed by atoms with Crippen LogP contribution in [0.2, 0.25) is 0 Å². The number of rotatable bonds is 7. The van der Waals surface area contributed by atoms with E-state index in [9.17, 15) is 0 Å².